The molecule has 218 valence electrons. The van der Waals surface area contributed by atoms with Crippen LogP contribution < -0.4 is 14.8 Å². The molecule has 0 aromatic heterocycles. The van der Waals surface area contributed by atoms with E-state index in [1.54, 1.807) is 11.0 Å². The van der Waals surface area contributed by atoms with Gasteiger partial charge in [-0.05, 0) is 84.8 Å². The third-order valence-electron chi connectivity index (χ3n) is 8.16. The number of fused-ring (bicyclic) bond motifs is 6. The number of benzene rings is 3. The lowest BCUT2D eigenvalue weighted by molar-refractivity contribution is -0.141. The predicted molar refractivity (Wildman–Crippen MR) is 156 cm³/mol. The predicted octanol–water partition coefficient (Wildman–Crippen LogP) is 4.57. The SMILES string of the molecule is O=C1NCCCOc2cccc(c2)C2c3ccc(cc3CCN2C(=O)CN2CCCCCC2=O)Oc2ccc(O)c1c2. The first kappa shape index (κ1) is 27.6. The van der Waals surface area contributed by atoms with Gasteiger partial charge in [0.25, 0.3) is 5.91 Å². The lowest BCUT2D eigenvalue weighted by atomic mass is 9.87. The molecule has 8 bridgehead atoms. The number of hydrogen-bond acceptors (Lipinski definition) is 6. The third-order valence-corrected chi connectivity index (χ3v) is 8.16. The molecule has 0 spiro atoms. The second-order valence-electron chi connectivity index (χ2n) is 11.0. The van der Waals surface area contributed by atoms with E-state index in [-0.39, 0.29) is 41.6 Å². The van der Waals surface area contributed by atoms with Gasteiger partial charge in [0, 0.05) is 26.1 Å². The van der Waals surface area contributed by atoms with Gasteiger partial charge in [0.2, 0.25) is 11.8 Å². The highest BCUT2D eigenvalue weighted by Gasteiger charge is 2.34. The zero-order chi connectivity index (χ0) is 29.1. The number of carbonyl (C=O) groups excluding carboxylic acids is 3. The van der Waals surface area contributed by atoms with Gasteiger partial charge in [-0.1, -0.05) is 24.6 Å². The second kappa shape index (κ2) is 12.1. The maximum absolute atomic E-state index is 13.8. The molecule has 0 saturated carbocycles. The Labute approximate surface area is 245 Å². The summed E-state index contributed by atoms with van der Waals surface area (Å²) < 4.78 is 12.2. The first-order valence-electron chi connectivity index (χ1n) is 14.7. The molecule has 1 atom stereocenters. The van der Waals surface area contributed by atoms with Gasteiger partial charge in [-0.2, -0.15) is 0 Å². The summed E-state index contributed by atoms with van der Waals surface area (Å²) in [5.41, 5.74) is 3.11. The van der Waals surface area contributed by atoms with Crippen molar-refractivity contribution in [1.29, 1.82) is 0 Å². The van der Waals surface area contributed by atoms with E-state index in [4.69, 9.17) is 9.47 Å². The monoisotopic (exact) mass is 569 g/mol. The minimum absolute atomic E-state index is 0.0498. The smallest absolute Gasteiger partial charge is 0.255 e. The Morgan fingerprint density at radius 2 is 1.76 bits per heavy atom. The van der Waals surface area contributed by atoms with E-state index in [0.717, 1.165) is 36.0 Å². The Morgan fingerprint density at radius 1 is 0.905 bits per heavy atom. The van der Waals surface area contributed by atoms with E-state index in [0.29, 0.717) is 62.8 Å². The Morgan fingerprint density at radius 3 is 2.67 bits per heavy atom. The number of amides is 3. The quantitative estimate of drug-likeness (QED) is 0.468. The number of rotatable bonds is 2. The molecule has 4 heterocycles. The van der Waals surface area contributed by atoms with Gasteiger partial charge in [-0.3, -0.25) is 14.4 Å². The van der Waals surface area contributed by atoms with Crippen molar-refractivity contribution in [2.45, 2.75) is 44.6 Å². The molecule has 0 aliphatic carbocycles. The van der Waals surface area contributed by atoms with Crippen molar-refractivity contribution < 1.29 is 29.0 Å². The zero-order valence-electron chi connectivity index (χ0n) is 23.5. The first-order chi connectivity index (χ1) is 20.5. The van der Waals surface area contributed by atoms with Crippen molar-refractivity contribution in [2.75, 3.05) is 32.8 Å². The lowest BCUT2D eigenvalue weighted by Crippen LogP contribution is -2.47. The van der Waals surface area contributed by atoms with E-state index in [1.165, 1.54) is 12.1 Å². The number of nitrogens with one attached hydrogen (secondary N) is 1. The molecule has 2 N–H and O–H groups in total. The molecule has 9 nitrogen and oxygen atoms in total. The van der Waals surface area contributed by atoms with Gasteiger partial charge < -0.3 is 29.7 Å². The average molecular weight is 570 g/mol. The molecular formula is C33H35N3O6. The fraction of sp³-hybridized carbons (Fsp3) is 0.364. The maximum Gasteiger partial charge on any atom is 0.255 e. The largest absolute Gasteiger partial charge is 0.507 e. The van der Waals surface area contributed by atoms with Crippen LogP contribution in [0.3, 0.4) is 0 Å². The number of carbonyl (C=O) groups is 3. The minimum atomic E-state index is -0.388. The molecule has 9 heteroatoms. The molecule has 3 aromatic rings. The Hall–Kier alpha value is -4.53. The number of hydrogen-bond donors (Lipinski definition) is 2. The Kier molecular flexibility index (Phi) is 7.99. The number of phenolic OH excluding ortho intramolecular Hbond substituents is 1. The summed E-state index contributed by atoms with van der Waals surface area (Å²) in [6.07, 6.45) is 4.48. The lowest BCUT2D eigenvalue weighted by Gasteiger charge is -2.39. The number of nitrogens with zero attached hydrogens (tertiary/aromatic N) is 2. The average Bonchev–Trinajstić information content (AvgIpc) is 3.20. The van der Waals surface area contributed by atoms with Gasteiger partial charge in [0.05, 0.1) is 24.8 Å². The third kappa shape index (κ3) is 5.91. The van der Waals surface area contributed by atoms with Crippen LogP contribution in [0.5, 0.6) is 23.0 Å². The molecule has 7 rings (SSSR count). The van der Waals surface area contributed by atoms with Crippen LogP contribution in [-0.2, 0) is 16.0 Å². The number of phenols is 1. The van der Waals surface area contributed by atoms with Crippen molar-refractivity contribution in [1.82, 2.24) is 15.1 Å². The summed E-state index contributed by atoms with van der Waals surface area (Å²) in [4.78, 5) is 42.9. The topological polar surface area (TPSA) is 108 Å². The molecule has 1 saturated heterocycles. The van der Waals surface area contributed by atoms with Crippen LogP contribution in [0.15, 0.2) is 60.7 Å². The van der Waals surface area contributed by atoms with Crippen molar-refractivity contribution in [3.05, 3.63) is 82.9 Å². The Balaban J connectivity index is 1.36. The summed E-state index contributed by atoms with van der Waals surface area (Å²) >= 11 is 0. The highest BCUT2D eigenvalue weighted by Crippen LogP contribution is 2.39. The molecule has 4 aliphatic rings. The van der Waals surface area contributed by atoms with Gasteiger partial charge in [-0.15, -0.1) is 0 Å². The van der Waals surface area contributed by atoms with Gasteiger partial charge in [0.15, 0.2) is 0 Å². The van der Waals surface area contributed by atoms with Gasteiger partial charge in [0.1, 0.15) is 23.0 Å². The first-order valence-corrected chi connectivity index (χ1v) is 14.7. The van der Waals surface area contributed by atoms with Crippen molar-refractivity contribution >= 4 is 17.7 Å². The molecule has 42 heavy (non-hydrogen) atoms. The van der Waals surface area contributed by atoms with Gasteiger partial charge in [-0.25, -0.2) is 0 Å². The van der Waals surface area contributed by atoms with E-state index < -0.39 is 0 Å². The van der Waals surface area contributed by atoms with Crippen molar-refractivity contribution in [3.63, 3.8) is 0 Å². The summed E-state index contributed by atoms with van der Waals surface area (Å²) in [6.45, 7) is 1.94. The Bertz CT molecular complexity index is 1500. The van der Waals surface area contributed by atoms with Crippen LogP contribution in [-0.4, -0.2) is 65.4 Å². The highest BCUT2D eigenvalue weighted by atomic mass is 16.5. The van der Waals surface area contributed by atoms with E-state index >= 15 is 0 Å². The number of aromatic hydroxyl groups is 1. The van der Waals surface area contributed by atoms with E-state index in [9.17, 15) is 19.5 Å². The van der Waals surface area contributed by atoms with E-state index in [1.807, 2.05) is 47.4 Å². The number of likely N-dealkylation sites (tertiary alicyclic amines) is 1. The van der Waals surface area contributed by atoms with Crippen LogP contribution in [0.1, 0.15) is 65.2 Å². The van der Waals surface area contributed by atoms with Crippen LogP contribution >= 0.6 is 0 Å². The molecular weight excluding hydrogens is 534 g/mol. The highest BCUT2D eigenvalue weighted by molar-refractivity contribution is 5.97. The van der Waals surface area contributed by atoms with Crippen LogP contribution in [0.25, 0.3) is 0 Å². The van der Waals surface area contributed by atoms with Crippen LogP contribution in [0, 0.1) is 0 Å². The summed E-state index contributed by atoms with van der Waals surface area (Å²) in [5.74, 6) is 1.17. The molecule has 0 radical (unpaired) electrons. The second-order valence-corrected chi connectivity index (χ2v) is 11.0. The molecule has 3 aromatic carbocycles. The standard InChI is InChI=1S/C33H35N3O6/c37-29-12-10-26-20-28(29)33(40)34-14-5-17-41-24-7-4-6-23(19-24)32-27-11-9-25(42-26)18-22(27)13-16-36(32)31(39)21-35-15-3-1-2-8-30(35)38/h4,6-7,9-12,18-20,32,37H,1-3,5,8,13-17,21H2,(H,34,40). The minimum Gasteiger partial charge on any atom is -0.507 e. The van der Waals surface area contributed by atoms with Crippen molar-refractivity contribution in [2.24, 2.45) is 0 Å². The fourth-order valence-corrected chi connectivity index (χ4v) is 5.99. The summed E-state index contributed by atoms with van der Waals surface area (Å²) in [5, 5.41) is 13.1. The van der Waals surface area contributed by atoms with Crippen LogP contribution in [0.4, 0.5) is 0 Å². The maximum atomic E-state index is 13.8. The van der Waals surface area contributed by atoms with Crippen LogP contribution in [0.2, 0.25) is 0 Å². The molecule has 3 amide bonds. The normalized spacial score (nSPS) is 19.1. The molecule has 1 unspecified atom stereocenters. The zero-order valence-corrected chi connectivity index (χ0v) is 23.5. The number of ether oxygens (including phenoxy) is 2. The molecule has 4 aliphatic heterocycles. The van der Waals surface area contributed by atoms with Crippen molar-refractivity contribution in [3.8, 4) is 23.0 Å². The fourth-order valence-electron chi connectivity index (χ4n) is 5.99. The van der Waals surface area contributed by atoms with E-state index in [2.05, 4.69) is 5.32 Å². The summed E-state index contributed by atoms with van der Waals surface area (Å²) in [6, 6.07) is 17.8. The van der Waals surface area contributed by atoms with Gasteiger partial charge >= 0.3 is 0 Å². The molecule has 1 fully saturated rings. The summed E-state index contributed by atoms with van der Waals surface area (Å²) in [7, 11) is 0.